The molecule has 4 heterocycles. The number of phosphoric acid groups is 1. The number of ether oxygens (including phenoxy) is 1. The van der Waals surface area contributed by atoms with E-state index in [1.54, 1.807) is 12.3 Å². The molecule has 0 N–H and O–H groups in total. The van der Waals surface area contributed by atoms with Crippen molar-refractivity contribution in [2.24, 2.45) is 0 Å². The Morgan fingerprint density at radius 2 is 1.79 bits per heavy atom. The molecule has 0 atom stereocenters. The predicted molar refractivity (Wildman–Crippen MR) is 132 cm³/mol. The molecule has 17 heteroatoms. The molecular formula is C25H21F4N4Na2O6P. The fourth-order valence-corrected chi connectivity index (χ4v) is 4.79. The van der Waals surface area contributed by atoms with E-state index >= 15 is 0 Å². The van der Waals surface area contributed by atoms with E-state index in [1.165, 1.54) is 35.2 Å². The number of hydrogen-bond donors (Lipinski definition) is 0. The molecule has 212 valence electrons. The van der Waals surface area contributed by atoms with Gasteiger partial charge in [0.2, 0.25) is 0 Å². The zero-order valence-corrected chi connectivity index (χ0v) is 27.5. The molecule has 10 nitrogen and oxygen atoms in total. The minimum Gasteiger partial charge on any atom is -0.790 e. The van der Waals surface area contributed by atoms with Crippen LogP contribution in [0, 0.1) is 5.82 Å². The smallest absolute Gasteiger partial charge is 0.790 e. The Bertz CT molecular complexity index is 1670. The first-order valence-corrected chi connectivity index (χ1v) is 13.4. The summed E-state index contributed by atoms with van der Waals surface area (Å²) in [7, 11) is -5.29. The van der Waals surface area contributed by atoms with Crippen LogP contribution < -0.4 is 79.4 Å². The molecule has 0 amide bonds. The molecule has 0 saturated carbocycles. The van der Waals surface area contributed by atoms with Crippen molar-refractivity contribution < 1.29 is 100 Å². The maximum atomic E-state index is 14.5. The first kappa shape index (κ1) is 34.9. The van der Waals surface area contributed by atoms with Gasteiger partial charge in [-0.25, -0.2) is 9.37 Å². The van der Waals surface area contributed by atoms with Crippen molar-refractivity contribution >= 4 is 24.5 Å². The van der Waals surface area contributed by atoms with E-state index < -0.39 is 44.2 Å². The minimum atomic E-state index is -5.29. The maximum absolute atomic E-state index is 14.5. The van der Waals surface area contributed by atoms with Crippen molar-refractivity contribution in [2.75, 3.05) is 31.2 Å². The zero-order chi connectivity index (χ0) is 28.7. The Kier molecular flexibility index (Phi) is 11.7. The second kappa shape index (κ2) is 14.0. The summed E-state index contributed by atoms with van der Waals surface area (Å²) in [5.41, 5.74) is -0.470. The van der Waals surface area contributed by atoms with Crippen molar-refractivity contribution in [2.45, 2.75) is 19.5 Å². The molecule has 0 aliphatic carbocycles. The summed E-state index contributed by atoms with van der Waals surface area (Å²) in [5.74, 6) is -1.45. The van der Waals surface area contributed by atoms with E-state index in [1.807, 2.05) is 4.90 Å². The van der Waals surface area contributed by atoms with Crippen molar-refractivity contribution in [1.29, 1.82) is 0 Å². The van der Waals surface area contributed by atoms with Gasteiger partial charge in [-0.2, -0.15) is 13.2 Å². The molecule has 42 heavy (non-hydrogen) atoms. The number of phosphoric ester groups is 1. The molecule has 0 unspecified atom stereocenters. The van der Waals surface area contributed by atoms with Crippen LogP contribution in [0.25, 0.3) is 22.2 Å². The average molecular weight is 626 g/mol. The van der Waals surface area contributed by atoms with Crippen LogP contribution in [0.15, 0.2) is 59.8 Å². The fourth-order valence-electron chi connectivity index (χ4n) is 4.53. The van der Waals surface area contributed by atoms with Gasteiger partial charge < -0.3 is 37.6 Å². The summed E-state index contributed by atoms with van der Waals surface area (Å²) in [4.78, 5) is 41.6. The Hall–Kier alpha value is -1.55. The van der Waals surface area contributed by atoms with Gasteiger partial charge in [-0.3, -0.25) is 4.79 Å². The van der Waals surface area contributed by atoms with Gasteiger partial charge in [-0.1, -0.05) is 12.1 Å². The zero-order valence-electron chi connectivity index (χ0n) is 22.6. The second-order valence-corrected chi connectivity index (χ2v) is 10.2. The number of rotatable bonds is 7. The largest absolute Gasteiger partial charge is 1.00 e. The van der Waals surface area contributed by atoms with E-state index in [0.29, 0.717) is 48.9 Å². The number of aromatic nitrogens is 3. The predicted octanol–water partition coefficient (Wildman–Crippen LogP) is -3.28. The van der Waals surface area contributed by atoms with Crippen LogP contribution in [0.5, 0.6) is 0 Å². The number of hydrogen-bond acceptors (Lipinski definition) is 8. The minimum absolute atomic E-state index is 0. The summed E-state index contributed by atoms with van der Waals surface area (Å²) >= 11 is 0. The van der Waals surface area contributed by atoms with Crippen molar-refractivity contribution in [3.63, 3.8) is 0 Å². The van der Waals surface area contributed by atoms with Gasteiger partial charge in [0.25, 0.3) is 5.56 Å². The van der Waals surface area contributed by atoms with Gasteiger partial charge in [0.1, 0.15) is 18.2 Å². The normalized spacial score (nSPS) is 14.0. The van der Waals surface area contributed by atoms with E-state index in [-0.39, 0.29) is 70.3 Å². The van der Waals surface area contributed by atoms with Crippen LogP contribution in [-0.4, -0.2) is 40.4 Å². The number of alkyl halides is 3. The average Bonchev–Trinajstić information content (AvgIpc) is 3.27. The van der Waals surface area contributed by atoms with Gasteiger partial charge >= 0.3 is 65.3 Å². The molecule has 1 aromatic carbocycles. The molecule has 1 saturated heterocycles. The second-order valence-electron chi connectivity index (χ2n) is 9.04. The van der Waals surface area contributed by atoms with Crippen LogP contribution in [0.2, 0.25) is 0 Å². The van der Waals surface area contributed by atoms with Crippen LogP contribution >= 0.6 is 7.82 Å². The molecule has 0 bridgehead atoms. The molecular weight excluding hydrogens is 605 g/mol. The van der Waals surface area contributed by atoms with Crippen molar-refractivity contribution in [3.05, 3.63) is 82.3 Å². The van der Waals surface area contributed by atoms with Gasteiger partial charge in [0.05, 0.1) is 45.0 Å². The molecule has 5 rings (SSSR count). The number of fused-ring (bicyclic) bond motifs is 1. The van der Waals surface area contributed by atoms with Gasteiger partial charge in [0.15, 0.2) is 0 Å². The van der Waals surface area contributed by atoms with Crippen LogP contribution in [0.4, 0.5) is 23.2 Å². The van der Waals surface area contributed by atoms with Crippen LogP contribution in [0.3, 0.4) is 0 Å². The van der Waals surface area contributed by atoms with Gasteiger partial charge in [-0.15, -0.1) is 0 Å². The number of morpholine rings is 1. The van der Waals surface area contributed by atoms with Crippen molar-refractivity contribution in [3.8, 4) is 11.1 Å². The van der Waals surface area contributed by atoms with E-state index in [4.69, 9.17) is 4.74 Å². The number of halogens is 4. The summed E-state index contributed by atoms with van der Waals surface area (Å²) in [6.45, 7) is 1.19. The quantitative estimate of drug-likeness (QED) is 0.119. The third kappa shape index (κ3) is 7.93. The Balaban J connectivity index is 0.00000242. The molecule has 0 radical (unpaired) electrons. The first-order chi connectivity index (χ1) is 18.9. The van der Waals surface area contributed by atoms with Crippen molar-refractivity contribution in [1.82, 2.24) is 14.1 Å². The summed E-state index contributed by atoms with van der Waals surface area (Å²) < 4.78 is 77.1. The molecule has 0 spiro atoms. The van der Waals surface area contributed by atoms with Crippen LogP contribution in [0.1, 0.15) is 11.1 Å². The Morgan fingerprint density at radius 1 is 1.07 bits per heavy atom. The molecule has 1 fully saturated rings. The summed E-state index contributed by atoms with van der Waals surface area (Å²) in [5, 5.41) is 0.528. The van der Waals surface area contributed by atoms with Gasteiger partial charge in [0, 0.05) is 48.1 Å². The van der Waals surface area contributed by atoms with E-state index in [9.17, 15) is 36.7 Å². The third-order valence-corrected chi connectivity index (χ3v) is 6.89. The SMILES string of the molecule is O=c1cc(-c2cn(COP(=O)([O-])[O-])c3ncc(N4CCOCC4)cc23)ccn1Cc1cccc(C(F)(F)F)c1F.[Na+].[Na+]. The topological polar surface area (TPSA) is 125 Å². The third-order valence-electron chi connectivity index (χ3n) is 6.46. The Morgan fingerprint density at radius 3 is 2.43 bits per heavy atom. The Labute approximate surface area is 281 Å². The first-order valence-electron chi connectivity index (χ1n) is 11.9. The number of benzene rings is 1. The van der Waals surface area contributed by atoms with E-state index in [2.05, 4.69) is 9.51 Å². The number of pyridine rings is 2. The van der Waals surface area contributed by atoms with E-state index in [0.717, 1.165) is 16.3 Å². The molecule has 3 aromatic heterocycles. The summed E-state index contributed by atoms with van der Waals surface area (Å²) in [6.07, 6.45) is -0.502. The monoisotopic (exact) mass is 626 g/mol. The molecule has 4 aromatic rings. The van der Waals surface area contributed by atoms with Crippen LogP contribution in [-0.2, 0) is 33.3 Å². The summed E-state index contributed by atoms with van der Waals surface area (Å²) in [6, 6.07) is 7.40. The molecule has 1 aliphatic rings. The fraction of sp³-hybridized carbons (Fsp3) is 0.280. The van der Waals surface area contributed by atoms with Gasteiger partial charge in [-0.05, 0) is 23.8 Å². The number of nitrogens with zero attached hydrogens (tertiary/aromatic N) is 4. The number of anilines is 1. The standard InChI is InChI=1S/C25H23F4N4O6P.2Na/c26-23-17(2-1-3-21(23)25(27,28)29)13-32-5-4-16(10-22(32)34)20-14-33(15-39-40(35,36)37)24-19(20)11-18(12-30-24)31-6-8-38-9-7-31;;/h1-5,10-12,14H,6-9,13,15H2,(H2,35,36,37);;/q;2*+1/p-2. The maximum Gasteiger partial charge on any atom is 1.00 e. The molecule has 1 aliphatic heterocycles.